The average Bonchev–Trinajstić information content (AvgIpc) is 2.85. The minimum atomic E-state index is -0.650. The Labute approximate surface area is 150 Å². The normalized spacial score (nSPS) is 20.2. The molecule has 6 heteroatoms. The quantitative estimate of drug-likeness (QED) is 0.778. The number of rotatable bonds is 2. The molecule has 0 N–H and O–H groups in total. The van der Waals surface area contributed by atoms with Crippen molar-refractivity contribution in [2.75, 3.05) is 0 Å². The number of imide groups is 1. The van der Waals surface area contributed by atoms with Gasteiger partial charge in [0, 0.05) is 12.0 Å². The van der Waals surface area contributed by atoms with E-state index >= 15 is 0 Å². The van der Waals surface area contributed by atoms with Crippen LogP contribution < -0.4 is 4.74 Å². The van der Waals surface area contributed by atoms with Crippen molar-refractivity contribution in [3.8, 4) is 5.75 Å². The molecule has 0 radical (unpaired) electrons. The molecule has 0 bridgehead atoms. The van der Waals surface area contributed by atoms with Crippen molar-refractivity contribution in [2.24, 2.45) is 0 Å². The van der Waals surface area contributed by atoms with Crippen molar-refractivity contribution < 1.29 is 24.0 Å². The third-order valence-corrected chi connectivity index (χ3v) is 4.60. The number of amides is 2. The van der Waals surface area contributed by atoms with Crippen LogP contribution in [-0.2, 0) is 9.63 Å². The molecule has 2 aliphatic rings. The van der Waals surface area contributed by atoms with E-state index in [0.29, 0.717) is 22.8 Å². The van der Waals surface area contributed by atoms with E-state index in [0.717, 1.165) is 0 Å². The molecule has 6 nitrogen and oxygen atoms in total. The fraction of sp³-hybridized carbons (Fsp3) is 0.250. The van der Waals surface area contributed by atoms with Gasteiger partial charge in [0.25, 0.3) is 11.8 Å². The van der Waals surface area contributed by atoms with Crippen LogP contribution >= 0.6 is 0 Å². The second-order valence-electron chi connectivity index (χ2n) is 7.02. The predicted octanol–water partition coefficient (Wildman–Crippen LogP) is 3.09. The first-order valence-electron chi connectivity index (χ1n) is 8.35. The van der Waals surface area contributed by atoms with Gasteiger partial charge < -0.3 is 9.57 Å². The first kappa shape index (κ1) is 16.3. The fourth-order valence-corrected chi connectivity index (χ4v) is 3.42. The number of para-hydroxylation sites is 1. The topological polar surface area (TPSA) is 72.9 Å². The Kier molecular flexibility index (Phi) is 3.57. The maximum atomic E-state index is 12.8. The molecule has 2 aromatic rings. The summed E-state index contributed by atoms with van der Waals surface area (Å²) in [7, 11) is 0. The first-order valence-corrected chi connectivity index (χ1v) is 8.35. The van der Waals surface area contributed by atoms with Crippen LogP contribution in [0.25, 0.3) is 0 Å². The molecule has 2 aromatic carbocycles. The molecule has 4 rings (SSSR count). The average molecular weight is 351 g/mol. The van der Waals surface area contributed by atoms with E-state index in [1.54, 1.807) is 24.3 Å². The Balaban J connectivity index is 1.62. The van der Waals surface area contributed by atoms with Gasteiger partial charge in [-0.3, -0.25) is 9.59 Å². The molecule has 2 amide bonds. The highest BCUT2D eigenvalue weighted by Gasteiger charge is 2.43. The van der Waals surface area contributed by atoms with E-state index in [4.69, 9.17) is 9.57 Å². The number of hydroxylamine groups is 2. The van der Waals surface area contributed by atoms with E-state index in [1.807, 2.05) is 26.0 Å². The standard InChI is InChI=1S/C20H17NO5/c1-20(2)11-15(12-7-5-6-10-16(12)25-20)19(24)26-21-17(22)13-8-3-4-9-14(13)18(21)23/h3-10,15H,11H2,1-2H3. The molecule has 0 spiro atoms. The number of benzene rings is 2. The zero-order valence-electron chi connectivity index (χ0n) is 14.4. The Morgan fingerprint density at radius 1 is 1.04 bits per heavy atom. The van der Waals surface area contributed by atoms with Crippen molar-refractivity contribution >= 4 is 17.8 Å². The summed E-state index contributed by atoms with van der Waals surface area (Å²) in [4.78, 5) is 42.9. The predicted molar refractivity (Wildman–Crippen MR) is 91.5 cm³/mol. The zero-order chi connectivity index (χ0) is 18.5. The number of carbonyl (C=O) groups excluding carboxylic acids is 3. The van der Waals surface area contributed by atoms with Gasteiger partial charge in [0.15, 0.2) is 0 Å². The first-order chi connectivity index (χ1) is 12.4. The molecule has 2 aliphatic heterocycles. The second kappa shape index (κ2) is 5.69. The Morgan fingerprint density at radius 2 is 1.62 bits per heavy atom. The summed E-state index contributed by atoms with van der Waals surface area (Å²) in [5.41, 5.74) is 0.587. The largest absolute Gasteiger partial charge is 0.488 e. The molecule has 0 aliphatic carbocycles. The monoisotopic (exact) mass is 351 g/mol. The molecule has 0 saturated heterocycles. The van der Waals surface area contributed by atoms with Crippen LogP contribution in [0.2, 0.25) is 0 Å². The number of hydrogen-bond acceptors (Lipinski definition) is 5. The summed E-state index contributed by atoms with van der Waals surface area (Å²) in [6.45, 7) is 3.76. The third kappa shape index (κ3) is 2.54. The van der Waals surface area contributed by atoms with Gasteiger partial charge in [-0.1, -0.05) is 35.4 Å². The molecular formula is C20H17NO5. The molecular weight excluding hydrogens is 334 g/mol. The summed E-state index contributed by atoms with van der Waals surface area (Å²) in [6, 6.07) is 13.6. The van der Waals surface area contributed by atoms with E-state index in [1.165, 1.54) is 12.1 Å². The lowest BCUT2D eigenvalue weighted by Gasteiger charge is -2.36. The smallest absolute Gasteiger partial charge is 0.340 e. The highest BCUT2D eigenvalue weighted by Crippen LogP contribution is 2.41. The van der Waals surface area contributed by atoms with Gasteiger partial charge >= 0.3 is 5.97 Å². The van der Waals surface area contributed by atoms with Gasteiger partial charge in [0.05, 0.1) is 17.0 Å². The van der Waals surface area contributed by atoms with E-state index in [-0.39, 0.29) is 11.1 Å². The second-order valence-corrected chi connectivity index (χ2v) is 7.02. The van der Waals surface area contributed by atoms with Crippen molar-refractivity contribution in [2.45, 2.75) is 31.8 Å². The van der Waals surface area contributed by atoms with Gasteiger partial charge in [-0.05, 0) is 32.0 Å². The molecule has 132 valence electrons. The van der Waals surface area contributed by atoms with Crippen LogP contribution in [0.3, 0.4) is 0 Å². The molecule has 0 aromatic heterocycles. The van der Waals surface area contributed by atoms with Gasteiger partial charge in [0.1, 0.15) is 11.4 Å². The van der Waals surface area contributed by atoms with E-state index in [9.17, 15) is 14.4 Å². The van der Waals surface area contributed by atoms with Crippen LogP contribution in [0.4, 0.5) is 0 Å². The van der Waals surface area contributed by atoms with Gasteiger partial charge in [-0.2, -0.15) is 0 Å². The number of carbonyl (C=O) groups is 3. The Bertz CT molecular complexity index is 898. The lowest BCUT2D eigenvalue weighted by atomic mass is 9.84. The number of fused-ring (bicyclic) bond motifs is 2. The fourth-order valence-electron chi connectivity index (χ4n) is 3.42. The minimum Gasteiger partial charge on any atom is -0.488 e. The lowest BCUT2D eigenvalue weighted by Crippen LogP contribution is -2.40. The Hall–Kier alpha value is -3.15. The summed E-state index contributed by atoms with van der Waals surface area (Å²) in [5, 5.41) is 0.554. The maximum absolute atomic E-state index is 12.8. The number of nitrogens with zero attached hydrogens (tertiary/aromatic N) is 1. The van der Waals surface area contributed by atoms with Crippen LogP contribution in [0.15, 0.2) is 48.5 Å². The summed E-state index contributed by atoms with van der Waals surface area (Å²) < 4.78 is 5.91. The Morgan fingerprint density at radius 3 is 2.27 bits per heavy atom. The van der Waals surface area contributed by atoms with Crippen LogP contribution in [0.5, 0.6) is 5.75 Å². The highest BCUT2D eigenvalue weighted by atomic mass is 16.7. The molecule has 1 unspecified atom stereocenters. The highest BCUT2D eigenvalue weighted by molar-refractivity contribution is 6.20. The van der Waals surface area contributed by atoms with Crippen molar-refractivity contribution in [1.82, 2.24) is 5.06 Å². The lowest BCUT2D eigenvalue weighted by molar-refractivity contribution is -0.172. The van der Waals surface area contributed by atoms with Crippen LogP contribution in [0.1, 0.15) is 52.5 Å². The minimum absolute atomic E-state index is 0.234. The molecule has 0 saturated carbocycles. The van der Waals surface area contributed by atoms with Gasteiger partial charge in [-0.25, -0.2) is 4.79 Å². The van der Waals surface area contributed by atoms with Crippen LogP contribution in [-0.4, -0.2) is 28.4 Å². The summed E-state index contributed by atoms with van der Waals surface area (Å²) >= 11 is 0. The summed E-state index contributed by atoms with van der Waals surface area (Å²) in [5.74, 6) is -1.92. The summed E-state index contributed by atoms with van der Waals surface area (Å²) in [6.07, 6.45) is 0.381. The molecule has 2 heterocycles. The van der Waals surface area contributed by atoms with Gasteiger partial charge in [-0.15, -0.1) is 0 Å². The molecule has 0 fully saturated rings. The van der Waals surface area contributed by atoms with E-state index in [2.05, 4.69) is 0 Å². The van der Waals surface area contributed by atoms with Crippen LogP contribution in [0, 0.1) is 0 Å². The molecule has 1 atom stereocenters. The maximum Gasteiger partial charge on any atom is 0.340 e. The van der Waals surface area contributed by atoms with Gasteiger partial charge in [0.2, 0.25) is 0 Å². The van der Waals surface area contributed by atoms with Crippen molar-refractivity contribution in [1.29, 1.82) is 0 Å². The zero-order valence-corrected chi connectivity index (χ0v) is 14.4. The van der Waals surface area contributed by atoms with Crippen molar-refractivity contribution in [3.63, 3.8) is 0 Å². The van der Waals surface area contributed by atoms with E-state index < -0.39 is 29.3 Å². The number of hydrogen-bond donors (Lipinski definition) is 0. The van der Waals surface area contributed by atoms with Crippen molar-refractivity contribution in [3.05, 3.63) is 65.2 Å². The number of ether oxygens (including phenoxy) is 1. The third-order valence-electron chi connectivity index (χ3n) is 4.60. The SMILES string of the molecule is CC1(C)CC(C(=O)ON2C(=O)c3ccccc3C2=O)c2ccccc2O1. The molecule has 26 heavy (non-hydrogen) atoms.